The molecule has 0 spiro atoms. The van der Waals surface area contributed by atoms with Crippen molar-refractivity contribution in [3.8, 4) is 0 Å². The van der Waals surface area contributed by atoms with Gasteiger partial charge in [0.1, 0.15) is 10.7 Å². The molecule has 5 nitrogen and oxygen atoms in total. The molecule has 1 saturated heterocycles. The fourth-order valence-electron chi connectivity index (χ4n) is 3.17. The van der Waals surface area contributed by atoms with Crippen LogP contribution in [0.5, 0.6) is 0 Å². The first kappa shape index (κ1) is 18.0. The Morgan fingerprint density at radius 1 is 1.20 bits per heavy atom. The van der Waals surface area contributed by atoms with Crippen LogP contribution in [0.2, 0.25) is 0 Å². The summed E-state index contributed by atoms with van der Waals surface area (Å²) in [5.74, 6) is -0.145. The van der Waals surface area contributed by atoms with Crippen LogP contribution < -0.4 is 11.1 Å². The molecular formula is C19H26N4OS. The zero-order chi connectivity index (χ0) is 17.5. The van der Waals surface area contributed by atoms with Gasteiger partial charge in [0, 0.05) is 25.0 Å². The molecule has 3 N–H and O–H groups in total. The Morgan fingerprint density at radius 3 is 2.68 bits per heavy atom. The molecule has 3 rings (SSSR count). The number of aromatic nitrogens is 1. The van der Waals surface area contributed by atoms with Crippen molar-refractivity contribution in [2.24, 2.45) is 5.73 Å². The normalized spacial score (nSPS) is 15.7. The number of hydrogen-bond acceptors (Lipinski definition) is 5. The van der Waals surface area contributed by atoms with Crippen molar-refractivity contribution in [2.75, 3.05) is 13.1 Å². The number of nitrogens with one attached hydrogen (secondary N) is 1. The molecular weight excluding hydrogens is 332 g/mol. The van der Waals surface area contributed by atoms with Crippen LogP contribution in [0.1, 0.15) is 52.3 Å². The third-order valence-electron chi connectivity index (χ3n) is 4.51. The second-order valence-corrected chi connectivity index (χ2v) is 7.47. The number of amides is 1. The molecule has 6 heteroatoms. The predicted octanol–water partition coefficient (Wildman–Crippen LogP) is 2.91. The number of nitrogens with two attached hydrogens (primary N) is 1. The molecule has 1 aromatic carbocycles. The molecule has 1 aromatic heterocycles. The van der Waals surface area contributed by atoms with E-state index in [1.54, 1.807) is 5.38 Å². The van der Waals surface area contributed by atoms with Gasteiger partial charge < -0.3 is 11.1 Å². The van der Waals surface area contributed by atoms with Crippen LogP contribution in [0, 0.1) is 0 Å². The van der Waals surface area contributed by atoms with E-state index >= 15 is 0 Å². The highest BCUT2D eigenvalue weighted by Gasteiger charge is 2.11. The zero-order valence-corrected chi connectivity index (χ0v) is 15.4. The van der Waals surface area contributed by atoms with Gasteiger partial charge in [-0.15, -0.1) is 11.3 Å². The molecule has 0 bridgehead atoms. The SMILES string of the molecule is NCc1nc(C(=O)NCc2cccc(CN3CCCCCC3)c2)cs1. The van der Waals surface area contributed by atoms with Gasteiger partial charge in [0.15, 0.2) is 0 Å². The zero-order valence-electron chi connectivity index (χ0n) is 14.5. The van der Waals surface area contributed by atoms with Gasteiger partial charge in [0.2, 0.25) is 0 Å². The summed E-state index contributed by atoms with van der Waals surface area (Å²) in [6, 6.07) is 8.49. The number of nitrogens with zero attached hydrogens (tertiary/aromatic N) is 2. The molecule has 0 unspecified atom stereocenters. The Hall–Kier alpha value is -1.76. The highest BCUT2D eigenvalue weighted by atomic mass is 32.1. The lowest BCUT2D eigenvalue weighted by Crippen LogP contribution is -2.25. The Kier molecular flexibility index (Phi) is 6.55. The van der Waals surface area contributed by atoms with Crippen LogP contribution in [0.3, 0.4) is 0 Å². The summed E-state index contributed by atoms with van der Waals surface area (Å²) in [6.45, 7) is 4.26. The van der Waals surface area contributed by atoms with Crippen molar-refractivity contribution < 1.29 is 4.79 Å². The van der Waals surface area contributed by atoms with E-state index in [0.29, 0.717) is 18.8 Å². The van der Waals surface area contributed by atoms with E-state index in [1.807, 2.05) is 0 Å². The first-order valence-corrected chi connectivity index (χ1v) is 9.85. The van der Waals surface area contributed by atoms with E-state index < -0.39 is 0 Å². The molecule has 1 fully saturated rings. The molecule has 2 heterocycles. The van der Waals surface area contributed by atoms with E-state index in [1.165, 1.54) is 55.7 Å². The maximum atomic E-state index is 12.2. The second kappa shape index (κ2) is 9.08. The minimum absolute atomic E-state index is 0.145. The molecule has 1 aliphatic heterocycles. The summed E-state index contributed by atoms with van der Waals surface area (Å²) >= 11 is 1.42. The highest BCUT2D eigenvalue weighted by molar-refractivity contribution is 7.09. The summed E-state index contributed by atoms with van der Waals surface area (Å²) < 4.78 is 0. The minimum Gasteiger partial charge on any atom is -0.347 e. The van der Waals surface area contributed by atoms with Crippen molar-refractivity contribution >= 4 is 17.2 Å². The quantitative estimate of drug-likeness (QED) is 0.833. The van der Waals surface area contributed by atoms with Gasteiger partial charge in [0.25, 0.3) is 5.91 Å². The fourth-order valence-corrected chi connectivity index (χ4v) is 3.83. The highest BCUT2D eigenvalue weighted by Crippen LogP contribution is 2.14. The Morgan fingerprint density at radius 2 is 1.96 bits per heavy atom. The maximum Gasteiger partial charge on any atom is 0.271 e. The largest absolute Gasteiger partial charge is 0.347 e. The Bertz CT molecular complexity index is 692. The lowest BCUT2D eigenvalue weighted by molar-refractivity contribution is 0.0946. The molecule has 134 valence electrons. The number of hydrogen-bond donors (Lipinski definition) is 2. The minimum atomic E-state index is -0.145. The smallest absolute Gasteiger partial charge is 0.271 e. The summed E-state index contributed by atoms with van der Waals surface area (Å²) in [5, 5.41) is 5.48. The average Bonchev–Trinajstić information content (AvgIpc) is 2.98. The van der Waals surface area contributed by atoms with Gasteiger partial charge in [-0.25, -0.2) is 4.98 Å². The first-order chi connectivity index (χ1) is 12.2. The third-order valence-corrected chi connectivity index (χ3v) is 5.38. The predicted molar refractivity (Wildman–Crippen MR) is 101 cm³/mol. The third kappa shape index (κ3) is 5.36. The topological polar surface area (TPSA) is 71.2 Å². The van der Waals surface area contributed by atoms with Gasteiger partial charge >= 0.3 is 0 Å². The molecule has 0 atom stereocenters. The number of carbonyl (C=O) groups excluding carboxylic acids is 1. The Labute approximate surface area is 153 Å². The molecule has 0 aliphatic carbocycles. The number of thiazole rings is 1. The first-order valence-electron chi connectivity index (χ1n) is 8.97. The fraction of sp³-hybridized carbons (Fsp3) is 0.474. The lowest BCUT2D eigenvalue weighted by Gasteiger charge is -2.20. The molecule has 0 saturated carbocycles. The molecule has 25 heavy (non-hydrogen) atoms. The van der Waals surface area contributed by atoms with Crippen LogP contribution in [-0.2, 0) is 19.6 Å². The molecule has 1 amide bonds. The van der Waals surface area contributed by atoms with Crippen molar-refractivity contribution in [1.82, 2.24) is 15.2 Å². The van der Waals surface area contributed by atoms with Gasteiger partial charge in [-0.1, -0.05) is 37.1 Å². The number of carbonyl (C=O) groups is 1. The lowest BCUT2D eigenvalue weighted by atomic mass is 10.1. The maximum absolute atomic E-state index is 12.2. The van der Waals surface area contributed by atoms with E-state index in [9.17, 15) is 4.79 Å². The van der Waals surface area contributed by atoms with Crippen LogP contribution in [0.4, 0.5) is 0 Å². The molecule has 2 aromatic rings. The van der Waals surface area contributed by atoms with Gasteiger partial charge in [0.05, 0.1) is 0 Å². The van der Waals surface area contributed by atoms with E-state index in [4.69, 9.17) is 5.73 Å². The van der Waals surface area contributed by atoms with Crippen LogP contribution in [0.15, 0.2) is 29.6 Å². The van der Waals surface area contributed by atoms with Gasteiger partial charge in [-0.3, -0.25) is 9.69 Å². The van der Waals surface area contributed by atoms with Gasteiger partial charge in [-0.05, 0) is 37.1 Å². The summed E-state index contributed by atoms with van der Waals surface area (Å²) in [5.41, 5.74) is 8.43. The van der Waals surface area contributed by atoms with E-state index in [0.717, 1.165) is 17.1 Å². The summed E-state index contributed by atoms with van der Waals surface area (Å²) in [6.07, 6.45) is 5.30. The number of benzene rings is 1. The average molecular weight is 359 g/mol. The monoisotopic (exact) mass is 358 g/mol. The standard InChI is InChI=1S/C19H26N4OS/c20-11-18-22-17(14-25-18)19(24)21-12-15-6-5-7-16(10-15)13-23-8-3-1-2-4-9-23/h5-7,10,14H,1-4,8-9,11-13,20H2,(H,21,24). The molecule has 1 aliphatic rings. The number of likely N-dealkylation sites (tertiary alicyclic amines) is 1. The van der Waals surface area contributed by atoms with E-state index in [2.05, 4.69) is 39.5 Å². The van der Waals surface area contributed by atoms with Crippen LogP contribution in [-0.4, -0.2) is 28.9 Å². The van der Waals surface area contributed by atoms with E-state index in [-0.39, 0.29) is 5.91 Å². The van der Waals surface area contributed by atoms with Crippen molar-refractivity contribution in [2.45, 2.75) is 45.3 Å². The van der Waals surface area contributed by atoms with Crippen LogP contribution in [0.25, 0.3) is 0 Å². The second-order valence-electron chi connectivity index (χ2n) is 6.52. The summed E-state index contributed by atoms with van der Waals surface area (Å²) in [7, 11) is 0. The van der Waals surface area contributed by atoms with Gasteiger partial charge in [-0.2, -0.15) is 0 Å². The van der Waals surface area contributed by atoms with Crippen LogP contribution >= 0.6 is 11.3 Å². The van der Waals surface area contributed by atoms with Crippen molar-refractivity contribution in [3.05, 3.63) is 51.5 Å². The van der Waals surface area contributed by atoms with Crippen molar-refractivity contribution in [3.63, 3.8) is 0 Å². The molecule has 0 radical (unpaired) electrons. The van der Waals surface area contributed by atoms with Crippen molar-refractivity contribution in [1.29, 1.82) is 0 Å². The summed E-state index contributed by atoms with van der Waals surface area (Å²) in [4.78, 5) is 18.9. The Balaban J connectivity index is 1.54. The number of rotatable bonds is 6.